The fraction of sp³-hybridized carbons (Fsp3) is 0.600. The molecule has 0 saturated carbocycles. The first kappa shape index (κ1) is 18.7. The lowest BCUT2D eigenvalue weighted by molar-refractivity contribution is -0.128. The number of benzene rings is 1. The molecule has 1 spiro atoms. The molecule has 1 aromatic carbocycles. The fourth-order valence-corrected chi connectivity index (χ4v) is 4.31. The van der Waals surface area contributed by atoms with Gasteiger partial charge in [-0.2, -0.15) is 0 Å². The Kier molecular flexibility index (Phi) is 5.81. The summed E-state index contributed by atoms with van der Waals surface area (Å²) in [6.45, 7) is 5.86. The van der Waals surface area contributed by atoms with Gasteiger partial charge < -0.3 is 19.9 Å². The van der Waals surface area contributed by atoms with Crippen LogP contribution in [0.4, 0.5) is 4.79 Å². The molecule has 1 N–H and O–H groups in total. The van der Waals surface area contributed by atoms with Gasteiger partial charge in [0.25, 0.3) is 0 Å². The standard InChI is InChI=1S/C20H29N3O3/c1-16(24)23-13-18(14-26-2)20(15-23)8-10-22(11-9-20)19(25)21-12-17-6-4-3-5-7-17/h3-7,18H,8-15H2,1-2H3,(H,21,25)/t18-/m1/s1. The second-order valence-electron chi connectivity index (χ2n) is 7.55. The van der Waals surface area contributed by atoms with Crippen LogP contribution in [-0.4, -0.2) is 61.6 Å². The smallest absolute Gasteiger partial charge is 0.317 e. The van der Waals surface area contributed by atoms with Crippen LogP contribution in [0, 0.1) is 11.3 Å². The Balaban J connectivity index is 1.55. The van der Waals surface area contributed by atoms with Crippen LogP contribution in [0.1, 0.15) is 25.3 Å². The van der Waals surface area contributed by atoms with Gasteiger partial charge >= 0.3 is 6.03 Å². The largest absolute Gasteiger partial charge is 0.384 e. The van der Waals surface area contributed by atoms with Gasteiger partial charge in [0.15, 0.2) is 0 Å². The first-order valence-corrected chi connectivity index (χ1v) is 9.35. The molecule has 6 nitrogen and oxygen atoms in total. The molecular formula is C20H29N3O3. The summed E-state index contributed by atoms with van der Waals surface area (Å²) in [5.74, 6) is 0.483. The lowest BCUT2D eigenvalue weighted by atomic mass is 9.71. The van der Waals surface area contributed by atoms with Gasteiger partial charge in [-0.3, -0.25) is 4.79 Å². The summed E-state index contributed by atoms with van der Waals surface area (Å²) >= 11 is 0. The Labute approximate surface area is 155 Å². The summed E-state index contributed by atoms with van der Waals surface area (Å²) < 4.78 is 5.41. The minimum Gasteiger partial charge on any atom is -0.384 e. The minimum atomic E-state index is -0.00610. The number of nitrogens with one attached hydrogen (secondary N) is 1. The maximum absolute atomic E-state index is 12.5. The Morgan fingerprint density at radius 1 is 1.19 bits per heavy atom. The molecule has 0 radical (unpaired) electrons. The van der Waals surface area contributed by atoms with Gasteiger partial charge in [-0.1, -0.05) is 30.3 Å². The van der Waals surface area contributed by atoms with E-state index in [9.17, 15) is 9.59 Å². The summed E-state index contributed by atoms with van der Waals surface area (Å²) in [5.41, 5.74) is 1.18. The number of ether oxygens (including phenoxy) is 1. The third-order valence-corrected chi connectivity index (χ3v) is 5.96. The van der Waals surface area contributed by atoms with Gasteiger partial charge in [0.1, 0.15) is 0 Å². The molecule has 0 aromatic heterocycles. The van der Waals surface area contributed by atoms with Crippen LogP contribution in [0.3, 0.4) is 0 Å². The zero-order valence-corrected chi connectivity index (χ0v) is 15.7. The molecule has 0 aliphatic carbocycles. The Hall–Kier alpha value is -2.08. The van der Waals surface area contributed by atoms with Crippen molar-refractivity contribution in [2.75, 3.05) is 39.9 Å². The highest BCUT2D eigenvalue weighted by molar-refractivity contribution is 5.74. The van der Waals surface area contributed by atoms with Crippen molar-refractivity contribution in [1.82, 2.24) is 15.1 Å². The Morgan fingerprint density at radius 2 is 1.88 bits per heavy atom. The summed E-state index contributed by atoms with van der Waals surface area (Å²) in [4.78, 5) is 28.1. The van der Waals surface area contributed by atoms with Crippen LogP contribution in [0.2, 0.25) is 0 Å². The third-order valence-electron chi connectivity index (χ3n) is 5.96. The summed E-state index contributed by atoms with van der Waals surface area (Å²) in [6, 6.07) is 9.93. The SMILES string of the molecule is COC[C@H]1CN(C(C)=O)CC12CCN(C(=O)NCc1ccccc1)CC2. The van der Waals surface area contributed by atoms with Crippen LogP contribution in [-0.2, 0) is 16.1 Å². The first-order chi connectivity index (χ1) is 12.5. The first-order valence-electron chi connectivity index (χ1n) is 9.35. The lowest BCUT2D eigenvalue weighted by Crippen LogP contribution is -2.50. The summed E-state index contributed by atoms with van der Waals surface area (Å²) in [5, 5.41) is 3.01. The quantitative estimate of drug-likeness (QED) is 0.896. The molecule has 2 aliphatic heterocycles. The van der Waals surface area contributed by atoms with E-state index < -0.39 is 0 Å². The lowest BCUT2D eigenvalue weighted by Gasteiger charge is -2.42. The maximum Gasteiger partial charge on any atom is 0.317 e. The molecule has 26 heavy (non-hydrogen) atoms. The van der Waals surface area contributed by atoms with E-state index in [4.69, 9.17) is 4.74 Å². The molecule has 2 fully saturated rings. The topological polar surface area (TPSA) is 61.9 Å². The number of carbonyl (C=O) groups excluding carboxylic acids is 2. The number of carbonyl (C=O) groups is 2. The number of likely N-dealkylation sites (tertiary alicyclic amines) is 2. The van der Waals surface area contributed by atoms with Crippen molar-refractivity contribution < 1.29 is 14.3 Å². The highest BCUT2D eigenvalue weighted by atomic mass is 16.5. The molecule has 2 heterocycles. The van der Waals surface area contributed by atoms with Crippen molar-refractivity contribution in [3.05, 3.63) is 35.9 Å². The average molecular weight is 359 g/mol. The van der Waals surface area contributed by atoms with E-state index in [2.05, 4.69) is 5.32 Å². The fourth-order valence-electron chi connectivity index (χ4n) is 4.31. The van der Waals surface area contributed by atoms with E-state index in [1.54, 1.807) is 14.0 Å². The van der Waals surface area contributed by atoms with Crippen molar-refractivity contribution in [2.45, 2.75) is 26.3 Å². The van der Waals surface area contributed by atoms with Gasteiger partial charge in [0.2, 0.25) is 5.91 Å². The maximum atomic E-state index is 12.5. The van der Waals surface area contributed by atoms with Gasteiger partial charge in [-0.15, -0.1) is 0 Å². The molecule has 2 aliphatic rings. The molecule has 3 rings (SSSR count). The Bertz CT molecular complexity index is 626. The average Bonchev–Trinajstić information content (AvgIpc) is 3.00. The van der Waals surface area contributed by atoms with Crippen LogP contribution >= 0.6 is 0 Å². The second kappa shape index (κ2) is 8.08. The zero-order chi connectivity index (χ0) is 18.6. The molecule has 0 bridgehead atoms. The van der Waals surface area contributed by atoms with Crippen molar-refractivity contribution >= 4 is 11.9 Å². The second-order valence-corrected chi connectivity index (χ2v) is 7.55. The van der Waals surface area contributed by atoms with Crippen molar-refractivity contribution in [2.24, 2.45) is 11.3 Å². The molecule has 1 aromatic rings. The summed E-state index contributed by atoms with van der Waals surface area (Å²) in [6.07, 6.45) is 1.84. The van der Waals surface area contributed by atoms with Gasteiger partial charge in [0.05, 0.1) is 6.61 Å². The van der Waals surface area contributed by atoms with E-state index in [1.807, 2.05) is 40.1 Å². The number of rotatable bonds is 4. The predicted molar refractivity (Wildman–Crippen MR) is 99.5 cm³/mol. The van der Waals surface area contributed by atoms with Gasteiger partial charge in [-0.25, -0.2) is 4.79 Å². The number of methoxy groups -OCH3 is 1. The number of piperidine rings is 1. The molecular weight excluding hydrogens is 330 g/mol. The van der Waals surface area contributed by atoms with E-state index in [0.29, 0.717) is 19.1 Å². The number of hydrogen-bond acceptors (Lipinski definition) is 3. The van der Waals surface area contributed by atoms with Crippen molar-refractivity contribution in [3.63, 3.8) is 0 Å². The molecule has 6 heteroatoms. The normalized spacial score (nSPS) is 21.8. The van der Waals surface area contributed by atoms with E-state index in [0.717, 1.165) is 44.6 Å². The molecule has 0 unspecified atom stereocenters. The van der Waals surface area contributed by atoms with Crippen molar-refractivity contribution in [3.8, 4) is 0 Å². The molecule has 1 atom stereocenters. The highest BCUT2D eigenvalue weighted by Gasteiger charge is 2.49. The molecule has 3 amide bonds. The number of nitrogens with zero attached hydrogens (tertiary/aromatic N) is 2. The summed E-state index contributed by atoms with van der Waals surface area (Å²) in [7, 11) is 1.72. The van der Waals surface area contributed by atoms with Crippen LogP contribution < -0.4 is 5.32 Å². The number of amides is 3. The molecule has 2 saturated heterocycles. The van der Waals surface area contributed by atoms with E-state index in [-0.39, 0.29) is 17.4 Å². The van der Waals surface area contributed by atoms with Crippen LogP contribution in [0.25, 0.3) is 0 Å². The van der Waals surface area contributed by atoms with Crippen molar-refractivity contribution in [1.29, 1.82) is 0 Å². The van der Waals surface area contributed by atoms with Crippen LogP contribution in [0.15, 0.2) is 30.3 Å². The number of urea groups is 1. The monoisotopic (exact) mass is 359 g/mol. The molecule has 142 valence electrons. The number of hydrogen-bond donors (Lipinski definition) is 1. The van der Waals surface area contributed by atoms with E-state index >= 15 is 0 Å². The highest BCUT2D eigenvalue weighted by Crippen LogP contribution is 2.44. The van der Waals surface area contributed by atoms with Gasteiger partial charge in [0, 0.05) is 52.7 Å². The van der Waals surface area contributed by atoms with Crippen LogP contribution in [0.5, 0.6) is 0 Å². The van der Waals surface area contributed by atoms with E-state index in [1.165, 1.54) is 0 Å². The minimum absolute atomic E-state index is 0.00610. The predicted octanol–water partition coefficient (Wildman–Crippen LogP) is 2.10. The third kappa shape index (κ3) is 4.01. The zero-order valence-electron chi connectivity index (χ0n) is 15.7. The van der Waals surface area contributed by atoms with Gasteiger partial charge in [-0.05, 0) is 23.8 Å². The Morgan fingerprint density at radius 3 is 2.50 bits per heavy atom.